The third-order valence-electron chi connectivity index (χ3n) is 5.17. The van der Waals surface area contributed by atoms with Crippen molar-refractivity contribution in [3.05, 3.63) is 107 Å². The van der Waals surface area contributed by atoms with Crippen molar-refractivity contribution in [2.45, 2.75) is 25.3 Å². The molecule has 0 fully saturated rings. The largest absolute Gasteiger partial charge is 0.307 e. The van der Waals surface area contributed by atoms with Crippen molar-refractivity contribution in [2.24, 2.45) is 0 Å². The van der Waals surface area contributed by atoms with E-state index in [9.17, 15) is 13.2 Å². The van der Waals surface area contributed by atoms with E-state index in [-0.39, 0.29) is 10.5 Å². The first kappa shape index (κ1) is 22.3. The highest BCUT2D eigenvalue weighted by molar-refractivity contribution is 7.92. The lowest BCUT2D eigenvalue weighted by Crippen LogP contribution is -2.19. The summed E-state index contributed by atoms with van der Waals surface area (Å²) in [5.74, 6) is 0.115. The van der Waals surface area contributed by atoms with Gasteiger partial charge in [-0.3, -0.25) is 9.52 Å². The molecule has 0 spiro atoms. The van der Waals surface area contributed by atoms with Gasteiger partial charge in [0.25, 0.3) is 15.9 Å². The number of aryl methyl sites for hydroxylation is 2. The monoisotopic (exact) mass is 460 g/mol. The summed E-state index contributed by atoms with van der Waals surface area (Å²) < 4.78 is 30.1. The first-order valence-corrected chi connectivity index (χ1v) is 11.9. The molecule has 4 rings (SSSR count). The predicted molar refractivity (Wildman–Crippen MR) is 129 cm³/mol. The quantitative estimate of drug-likeness (QED) is 0.421. The third-order valence-corrected chi connectivity index (χ3v) is 6.55. The molecule has 2 N–H and O–H groups in total. The number of carbonyl (C=O) groups is 1. The lowest BCUT2D eigenvalue weighted by atomic mass is 10.1. The fourth-order valence-electron chi connectivity index (χ4n) is 3.44. The molecule has 0 aliphatic rings. The first-order valence-electron chi connectivity index (χ1n) is 10.4. The highest BCUT2D eigenvalue weighted by atomic mass is 32.2. The number of nitrogens with one attached hydrogen (secondary N) is 2. The Morgan fingerprint density at radius 3 is 2.48 bits per heavy atom. The Morgan fingerprint density at radius 1 is 0.939 bits per heavy atom. The van der Waals surface area contributed by atoms with E-state index >= 15 is 0 Å². The summed E-state index contributed by atoms with van der Waals surface area (Å²) in [6.45, 7) is 4.15. The molecule has 0 aliphatic heterocycles. The number of carbonyl (C=O) groups excluding carboxylic acids is 1. The number of aromatic nitrogens is 2. The smallest absolute Gasteiger partial charge is 0.261 e. The Balaban J connectivity index is 1.56. The van der Waals surface area contributed by atoms with Gasteiger partial charge in [0.15, 0.2) is 0 Å². The second-order valence-corrected chi connectivity index (χ2v) is 9.45. The highest BCUT2D eigenvalue weighted by Crippen LogP contribution is 2.21. The number of amides is 1. The maximum atomic E-state index is 13.1. The highest BCUT2D eigenvalue weighted by Gasteiger charge is 2.19. The Hall–Kier alpha value is -3.91. The van der Waals surface area contributed by atoms with Crippen molar-refractivity contribution < 1.29 is 13.2 Å². The molecule has 0 saturated carbocycles. The Morgan fingerprint density at radius 2 is 1.73 bits per heavy atom. The number of hydrogen-bond donors (Lipinski definition) is 2. The Kier molecular flexibility index (Phi) is 6.28. The lowest BCUT2D eigenvalue weighted by molar-refractivity contribution is 0.102. The van der Waals surface area contributed by atoms with Gasteiger partial charge in [0.2, 0.25) is 0 Å². The summed E-state index contributed by atoms with van der Waals surface area (Å²) in [4.78, 5) is 13.1. The molecule has 33 heavy (non-hydrogen) atoms. The number of benzene rings is 3. The van der Waals surface area contributed by atoms with Crippen LogP contribution in [0.2, 0.25) is 0 Å². The normalized spacial score (nSPS) is 11.2. The van der Waals surface area contributed by atoms with E-state index < -0.39 is 15.9 Å². The average molecular weight is 461 g/mol. The van der Waals surface area contributed by atoms with Gasteiger partial charge in [-0.05, 0) is 54.8 Å². The lowest BCUT2D eigenvalue weighted by Gasteiger charge is -2.13. The minimum absolute atomic E-state index is 0.0116. The van der Waals surface area contributed by atoms with Crippen molar-refractivity contribution in [2.75, 3.05) is 10.0 Å². The van der Waals surface area contributed by atoms with E-state index in [4.69, 9.17) is 0 Å². The molecule has 168 valence electrons. The van der Waals surface area contributed by atoms with Crippen LogP contribution in [0.15, 0.2) is 90.0 Å². The molecule has 0 radical (unpaired) electrons. The van der Waals surface area contributed by atoms with Gasteiger partial charge in [0, 0.05) is 17.3 Å². The van der Waals surface area contributed by atoms with Crippen molar-refractivity contribution in [3.8, 4) is 0 Å². The number of nitrogens with zero attached hydrogens (tertiary/aromatic N) is 2. The molecule has 3 aromatic carbocycles. The SMILES string of the molecule is Cc1cccc(NS(=O)(=O)c2ccc(C)c(C(=O)Nc3ccnn3Cc3ccccc3)c2)c1. The van der Waals surface area contributed by atoms with Crippen LogP contribution in [-0.4, -0.2) is 24.1 Å². The maximum absolute atomic E-state index is 13.1. The van der Waals surface area contributed by atoms with Crippen LogP contribution < -0.4 is 10.0 Å². The molecule has 1 aromatic heterocycles. The second kappa shape index (κ2) is 9.30. The van der Waals surface area contributed by atoms with E-state index in [1.807, 2.05) is 43.3 Å². The van der Waals surface area contributed by atoms with Crippen LogP contribution in [-0.2, 0) is 16.6 Å². The molecule has 1 heterocycles. The number of hydrogen-bond acceptors (Lipinski definition) is 4. The van der Waals surface area contributed by atoms with Gasteiger partial charge in [0.1, 0.15) is 5.82 Å². The predicted octanol–water partition coefficient (Wildman–Crippen LogP) is 4.60. The Labute approximate surface area is 193 Å². The van der Waals surface area contributed by atoms with Crippen LogP contribution in [0, 0.1) is 13.8 Å². The molecule has 1 amide bonds. The zero-order valence-corrected chi connectivity index (χ0v) is 19.1. The van der Waals surface area contributed by atoms with Crippen molar-refractivity contribution in [3.63, 3.8) is 0 Å². The number of sulfonamides is 1. The van der Waals surface area contributed by atoms with Crippen LogP contribution in [0.3, 0.4) is 0 Å². The zero-order valence-electron chi connectivity index (χ0n) is 18.3. The number of anilines is 2. The van der Waals surface area contributed by atoms with Gasteiger partial charge in [0.05, 0.1) is 17.6 Å². The van der Waals surface area contributed by atoms with Crippen LogP contribution in [0.4, 0.5) is 11.5 Å². The minimum Gasteiger partial charge on any atom is -0.307 e. The van der Waals surface area contributed by atoms with E-state index in [2.05, 4.69) is 15.1 Å². The second-order valence-electron chi connectivity index (χ2n) is 7.77. The summed E-state index contributed by atoms with van der Waals surface area (Å²) in [5, 5.41) is 7.14. The molecule has 0 atom stereocenters. The molecular formula is C25H24N4O3S. The fraction of sp³-hybridized carbons (Fsp3) is 0.120. The van der Waals surface area contributed by atoms with Gasteiger partial charge >= 0.3 is 0 Å². The van der Waals surface area contributed by atoms with Crippen LogP contribution in [0.5, 0.6) is 0 Å². The third kappa shape index (κ3) is 5.30. The van der Waals surface area contributed by atoms with E-state index in [0.29, 0.717) is 23.6 Å². The molecule has 0 bridgehead atoms. The minimum atomic E-state index is -3.86. The topological polar surface area (TPSA) is 93.1 Å². The van der Waals surface area contributed by atoms with Crippen molar-refractivity contribution in [1.82, 2.24) is 9.78 Å². The summed E-state index contributed by atoms with van der Waals surface area (Å²) in [6, 6.07) is 23.1. The van der Waals surface area contributed by atoms with E-state index in [1.165, 1.54) is 12.1 Å². The molecule has 4 aromatic rings. The first-order chi connectivity index (χ1) is 15.8. The van der Waals surface area contributed by atoms with Crippen molar-refractivity contribution >= 4 is 27.4 Å². The van der Waals surface area contributed by atoms with Gasteiger partial charge in [-0.25, -0.2) is 13.1 Å². The van der Waals surface area contributed by atoms with Crippen LogP contribution in [0.1, 0.15) is 27.0 Å². The molecular weight excluding hydrogens is 436 g/mol. The van der Waals surface area contributed by atoms with Gasteiger partial charge in [-0.15, -0.1) is 0 Å². The standard InChI is InChI=1S/C25H24N4O3S/c1-18-7-6-10-21(15-18)28-33(31,32)22-12-11-19(2)23(16-22)25(30)27-24-13-14-26-29(24)17-20-8-4-3-5-9-20/h3-16,28H,17H2,1-2H3,(H,27,30). The van der Waals surface area contributed by atoms with Crippen molar-refractivity contribution in [1.29, 1.82) is 0 Å². The summed E-state index contributed by atoms with van der Waals surface area (Å²) >= 11 is 0. The van der Waals surface area contributed by atoms with E-state index in [1.54, 1.807) is 48.1 Å². The molecule has 0 saturated heterocycles. The van der Waals surface area contributed by atoms with Crippen LogP contribution >= 0.6 is 0 Å². The van der Waals surface area contributed by atoms with Gasteiger partial charge in [-0.1, -0.05) is 48.5 Å². The van der Waals surface area contributed by atoms with Gasteiger partial charge < -0.3 is 5.32 Å². The zero-order chi connectivity index (χ0) is 23.4. The van der Waals surface area contributed by atoms with E-state index in [0.717, 1.165) is 11.1 Å². The molecule has 0 aliphatic carbocycles. The summed E-state index contributed by atoms with van der Waals surface area (Å²) in [6.07, 6.45) is 1.61. The maximum Gasteiger partial charge on any atom is 0.261 e. The van der Waals surface area contributed by atoms with Crippen LogP contribution in [0.25, 0.3) is 0 Å². The molecule has 7 nitrogen and oxygen atoms in total. The van der Waals surface area contributed by atoms with Gasteiger partial charge in [-0.2, -0.15) is 5.10 Å². The fourth-order valence-corrected chi connectivity index (χ4v) is 4.52. The average Bonchev–Trinajstić information content (AvgIpc) is 3.20. The summed E-state index contributed by atoms with van der Waals surface area (Å²) in [7, 11) is -3.86. The molecule has 0 unspecified atom stereocenters. The summed E-state index contributed by atoms with van der Waals surface area (Å²) in [5.41, 5.74) is 3.38. The Bertz CT molecular complexity index is 1400. The molecule has 8 heteroatoms. The number of rotatable bonds is 7.